The molecule has 2 nitrogen and oxygen atoms in total. The molecule has 60 valence electrons. The number of halogens is 1. The van der Waals surface area contributed by atoms with Crippen molar-refractivity contribution in [3.8, 4) is 0 Å². The molecule has 0 aromatic heterocycles. The third-order valence-electron chi connectivity index (χ3n) is 1.66. The molecule has 0 fully saturated rings. The van der Waals surface area contributed by atoms with E-state index in [-0.39, 0.29) is 0 Å². The SMILES string of the molecule is CCC1=C(N)C=CC(Cl)=NC1. The lowest BCUT2D eigenvalue weighted by Gasteiger charge is -2.00. The summed E-state index contributed by atoms with van der Waals surface area (Å²) in [5.41, 5.74) is 7.66. The van der Waals surface area contributed by atoms with Gasteiger partial charge >= 0.3 is 0 Å². The van der Waals surface area contributed by atoms with Crippen molar-refractivity contribution in [1.82, 2.24) is 0 Å². The van der Waals surface area contributed by atoms with Crippen LogP contribution in [0.1, 0.15) is 13.3 Å². The standard InChI is InChI=1S/C8H11ClN2/c1-2-6-5-11-8(9)4-3-7(6)10/h3-4H,2,5,10H2,1H3. The molecule has 1 rings (SSSR count). The summed E-state index contributed by atoms with van der Waals surface area (Å²) in [5.74, 6) is 0. The van der Waals surface area contributed by atoms with Gasteiger partial charge in [0.25, 0.3) is 0 Å². The Bertz CT molecular complexity index is 238. The van der Waals surface area contributed by atoms with E-state index in [0.29, 0.717) is 11.7 Å². The van der Waals surface area contributed by atoms with Crippen molar-refractivity contribution < 1.29 is 0 Å². The van der Waals surface area contributed by atoms with Crippen LogP contribution in [0, 0.1) is 0 Å². The third-order valence-corrected chi connectivity index (χ3v) is 1.90. The van der Waals surface area contributed by atoms with E-state index in [0.717, 1.165) is 17.7 Å². The number of hydrogen-bond donors (Lipinski definition) is 1. The van der Waals surface area contributed by atoms with E-state index < -0.39 is 0 Å². The highest BCUT2D eigenvalue weighted by Gasteiger charge is 2.01. The van der Waals surface area contributed by atoms with Crippen molar-refractivity contribution >= 4 is 16.8 Å². The van der Waals surface area contributed by atoms with Gasteiger partial charge in [0.15, 0.2) is 0 Å². The monoisotopic (exact) mass is 170 g/mol. The second-order valence-electron chi connectivity index (χ2n) is 2.38. The summed E-state index contributed by atoms with van der Waals surface area (Å²) < 4.78 is 0. The van der Waals surface area contributed by atoms with E-state index in [1.165, 1.54) is 0 Å². The molecule has 0 unspecified atom stereocenters. The Morgan fingerprint density at radius 2 is 2.36 bits per heavy atom. The molecule has 0 bridgehead atoms. The van der Waals surface area contributed by atoms with Crippen molar-refractivity contribution in [2.75, 3.05) is 6.54 Å². The van der Waals surface area contributed by atoms with Gasteiger partial charge in [0, 0.05) is 5.70 Å². The molecule has 1 heterocycles. The summed E-state index contributed by atoms with van der Waals surface area (Å²) in [6.45, 7) is 2.69. The number of nitrogens with two attached hydrogens (primary N) is 1. The summed E-state index contributed by atoms with van der Waals surface area (Å²) in [7, 11) is 0. The molecule has 0 atom stereocenters. The van der Waals surface area contributed by atoms with Gasteiger partial charge in [-0.15, -0.1) is 0 Å². The van der Waals surface area contributed by atoms with Crippen LogP contribution in [0.4, 0.5) is 0 Å². The van der Waals surface area contributed by atoms with Crippen LogP contribution in [0.5, 0.6) is 0 Å². The Balaban J connectivity index is 2.87. The zero-order chi connectivity index (χ0) is 8.27. The molecule has 0 spiro atoms. The lowest BCUT2D eigenvalue weighted by atomic mass is 10.1. The summed E-state index contributed by atoms with van der Waals surface area (Å²) >= 11 is 5.69. The third kappa shape index (κ3) is 2.09. The Labute approximate surface area is 71.4 Å². The smallest absolute Gasteiger partial charge is 0.123 e. The van der Waals surface area contributed by atoms with E-state index >= 15 is 0 Å². The average molecular weight is 171 g/mol. The van der Waals surface area contributed by atoms with Crippen molar-refractivity contribution in [3.63, 3.8) is 0 Å². The van der Waals surface area contributed by atoms with Gasteiger partial charge in [-0.05, 0) is 24.1 Å². The predicted octanol–water partition coefficient (Wildman–Crippen LogP) is 1.82. The van der Waals surface area contributed by atoms with E-state index in [4.69, 9.17) is 17.3 Å². The van der Waals surface area contributed by atoms with Crippen molar-refractivity contribution in [2.24, 2.45) is 10.7 Å². The van der Waals surface area contributed by atoms with Crippen LogP contribution < -0.4 is 5.73 Å². The minimum absolute atomic E-state index is 0.524. The fourth-order valence-electron chi connectivity index (χ4n) is 0.907. The van der Waals surface area contributed by atoms with Gasteiger partial charge in [0.05, 0.1) is 6.54 Å². The molecule has 0 saturated carbocycles. The summed E-state index contributed by atoms with van der Waals surface area (Å²) in [6.07, 6.45) is 4.46. The topological polar surface area (TPSA) is 38.4 Å². The highest BCUT2D eigenvalue weighted by molar-refractivity contribution is 6.68. The largest absolute Gasteiger partial charge is 0.399 e. The van der Waals surface area contributed by atoms with Gasteiger partial charge in [0.1, 0.15) is 5.17 Å². The van der Waals surface area contributed by atoms with Gasteiger partial charge < -0.3 is 5.73 Å². The molecule has 3 heteroatoms. The Kier molecular flexibility index (Phi) is 2.71. The van der Waals surface area contributed by atoms with Crippen LogP contribution in [-0.2, 0) is 0 Å². The van der Waals surface area contributed by atoms with Crippen LogP contribution >= 0.6 is 11.6 Å². The molecule has 1 aliphatic rings. The van der Waals surface area contributed by atoms with Crippen LogP contribution in [-0.4, -0.2) is 11.7 Å². The predicted molar refractivity (Wildman–Crippen MR) is 48.8 cm³/mol. The second kappa shape index (κ2) is 3.58. The van der Waals surface area contributed by atoms with Gasteiger partial charge in [-0.3, -0.25) is 4.99 Å². The number of aliphatic imine (C=N–C) groups is 1. The highest BCUT2D eigenvalue weighted by Crippen LogP contribution is 2.10. The summed E-state index contributed by atoms with van der Waals surface area (Å²) in [5, 5.41) is 0.524. The van der Waals surface area contributed by atoms with E-state index in [1.54, 1.807) is 12.2 Å². The number of allylic oxidation sites excluding steroid dienone is 2. The van der Waals surface area contributed by atoms with Crippen LogP contribution in [0.15, 0.2) is 28.4 Å². The Hall–Kier alpha value is -0.760. The zero-order valence-electron chi connectivity index (χ0n) is 6.47. The van der Waals surface area contributed by atoms with Gasteiger partial charge in [-0.1, -0.05) is 18.5 Å². The first-order valence-electron chi connectivity index (χ1n) is 3.59. The lowest BCUT2D eigenvalue weighted by Crippen LogP contribution is -2.00. The quantitative estimate of drug-likeness (QED) is 0.641. The van der Waals surface area contributed by atoms with Crippen molar-refractivity contribution in [2.45, 2.75) is 13.3 Å². The molecular weight excluding hydrogens is 160 g/mol. The molecule has 0 saturated heterocycles. The number of hydrogen-bond acceptors (Lipinski definition) is 2. The highest BCUT2D eigenvalue weighted by atomic mass is 35.5. The van der Waals surface area contributed by atoms with E-state index in [1.807, 2.05) is 0 Å². The fourth-order valence-corrected chi connectivity index (χ4v) is 1.03. The van der Waals surface area contributed by atoms with Crippen LogP contribution in [0.2, 0.25) is 0 Å². The Morgan fingerprint density at radius 1 is 1.64 bits per heavy atom. The number of rotatable bonds is 1. The normalized spacial score (nSPS) is 18.2. The average Bonchev–Trinajstić information content (AvgIpc) is 2.15. The fraction of sp³-hybridized carbons (Fsp3) is 0.375. The van der Waals surface area contributed by atoms with E-state index in [2.05, 4.69) is 11.9 Å². The molecule has 1 aliphatic heterocycles. The number of nitrogens with zero attached hydrogens (tertiary/aromatic N) is 1. The van der Waals surface area contributed by atoms with Gasteiger partial charge in [-0.2, -0.15) is 0 Å². The minimum atomic E-state index is 0.524. The molecule has 0 aliphatic carbocycles. The van der Waals surface area contributed by atoms with Crippen LogP contribution in [0.3, 0.4) is 0 Å². The summed E-state index contributed by atoms with van der Waals surface area (Å²) in [4.78, 5) is 4.08. The molecule has 0 aromatic rings. The zero-order valence-corrected chi connectivity index (χ0v) is 7.23. The molecular formula is C8H11ClN2. The Morgan fingerprint density at radius 3 is 3.00 bits per heavy atom. The first kappa shape index (κ1) is 8.34. The van der Waals surface area contributed by atoms with Crippen molar-refractivity contribution in [3.05, 3.63) is 23.4 Å². The van der Waals surface area contributed by atoms with Gasteiger partial charge in [-0.25, -0.2) is 0 Å². The maximum atomic E-state index is 5.71. The molecule has 0 amide bonds. The molecule has 0 aromatic carbocycles. The minimum Gasteiger partial charge on any atom is -0.399 e. The first-order valence-corrected chi connectivity index (χ1v) is 3.97. The molecule has 2 N–H and O–H groups in total. The van der Waals surface area contributed by atoms with Crippen LogP contribution in [0.25, 0.3) is 0 Å². The summed E-state index contributed by atoms with van der Waals surface area (Å²) in [6, 6.07) is 0. The lowest BCUT2D eigenvalue weighted by molar-refractivity contribution is 0.986. The van der Waals surface area contributed by atoms with Crippen molar-refractivity contribution in [1.29, 1.82) is 0 Å². The molecule has 0 radical (unpaired) electrons. The van der Waals surface area contributed by atoms with E-state index in [9.17, 15) is 0 Å². The maximum Gasteiger partial charge on any atom is 0.123 e. The maximum absolute atomic E-state index is 5.71. The molecule has 11 heavy (non-hydrogen) atoms. The van der Waals surface area contributed by atoms with Gasteiger partial charge in [0.2, 0.25) is 0 Å². The second-order valence-corrected chi connectivity index (χ2v) is 2.77. The first-order chi connectivity index (χ1) is 5.24.